The highest BCUT2D eigenvalue weighted by Crippen LogP contribution is 2.19. The predicted octanol–water partition coefficient (Wildman–Crippen LogP) is 4.89. The van der Waals surface area contributed by atoms with Gasteiger partial charge in [-0.15, -0.1) is 0 Å². The molecule has 0 aliphatic carbocycles. The number of hydrogen-bond donors (Lipinski definition) is 0. The van der Waals surface area contributed by atoms with Crippen LogP contribution in [0.4, 0.5) is 0 Å². The molecular formula is C17H16. The second-order valence-electron chi connectivity index (χ2n) is 4.11. The lowest BCUT2D eigenvalue weighted by molar-refractivity contribution is 1.55. The van der Waals surface area contributed by atoms with E-state index in [-0.39, 0.29) is 0 Å². The maximum absolute atomic E-state index is 4.01. The lowest BCUT2D eigenvalue weighted by atomic mass is 10.0. The Labute approximate surface area is 103 Å². The van der Waals surface area contributed by atoms with Gasteiger partial charge in [0.1, 0.15) is 0 Å². The summed E-state index contributed by atoms with van der Waals surface area (Å²) in [6.45, 7) is 6.04. The van der Waals surface area contributed by atoms with Crippen molar-refractivity contribution in [2.45, 2.75) is 6.92 Å². The van der Waals surface area contributed by atoms with Crippen LogP contribution in [0.15, 0.2) is 61.2 Å². The molecule has 0 aliphatic rings. The molecule has 0 N–H and O–H groups in total. The molecule has 0 unspecified atom stereocenters. The van der Waals surface area contributed by atoms with Crippen molar-refractivity contribution in [2.24, 2.45) is 0 Å². The van der Waals surface area contributed by atoms with Gasteiger partial charge in [0, 0.05) is 0 Å². The summed E-state index contributed by atoms with van der Waals surface area (Å²) < 4.78 is 0. The van der Waals surface area contributed by atoms with Crippen LogP contribution >= 0.6 is 0 Å². The molecule has 17 heavy (non-hydrogen) atoms. The number of allylic oxidation sites excluding steroid dienone is 1. The first-order valence-corrected chi connectivity index (χ1v) is 5.75. The largest absolute Gasteiger partial charge is 0.0955 e. The summed E-state index contributed by atoms with van der Waals surface area (Å²) in [6.07, 6.45) is 4.27. The molecule has 0 bridgehead atoms. The van der Waals surface area contributed by atoms with E-state index in [1.807, 2.05) is 31.2 Å². The van der Waals surface area contributed by atoms with Crippen molar-refractivity contribution < 1.29 is 0 Å². The zero-order valence-electron chi connectivity index (χ0n) is 10.1. The van der Waals surface area contributed by atoms with Crippen molar-refractivity contribution in [3.05, 3.63) is 77.9 Å². The van der Waals surface area contributed by atoms with E-state index < -0.39 is 0 Å². The minimum absolute atomic E-state index is 1.10. The Morgan fingerprint density at radius 1 is 0.882 bits per heavy atom. The van der Waals surface area contributed by atoms with E-state index in [2.05, 4.69) is 49.1 Å². The first-order chi connectivity index (χ1) is 8.27. The van der Waals surface area contributed by atoms with Crippen molar-refractivity contribution in [1.29, 1.82) is 0 Å². The molecule has 0 saturated carbocycles. The van der Waals surface area contributed by atoms with Gasteiger partial charge in [0.2, 0.25) is 0 Å². The standard InChI is InChI=1S/C17H16/c1-14(2)17-11-7-6-10-16(17)13-12-15-8-4-3-5-9-15/h3-13H,1H2,2H3/b13-12+. The van der Waals surface area contributed by atoms with Gasteiger partial charge in [0.15, 0.2) is 0 Å². The molecule has 0 atom stereocenters. The lowest BCUT2D eigenvalue weighted by Crippen LogP contribution is -1.83. The molecule has 0 fully saturated rings. The highest BCUT2D eigenvalue weighted by Gasteiger charge is 1.97. The summed E-state index contributed by atoms with van der Waals surface area (Å²) in [5.41, 5.74) is 4.73. The Hall–Kier alpha value is -2.08. The molecule has 0 aliphatic heterocycles. The second-order valence-corrected chi connectivity index (χ2v) is 4.11. The third-order valence-corrected chi connectivity index (χ3v) is 2.68. The van der Waals surface area contributed by atoms with Crippen molar-refractivity contribution >= 4 is 17.7 Å². The van der Waals surface area contributed by atoms with Crippen LogP contribution in [0.25, 0.3) is 17.7 Å². The quantitative estimate of drug-likeness (QED) is 0.646. The van der Waals surface area contributed by atoms with E-state index >= 15 is 0 Å². The highest BCUT2D eigenvalue weighted by molar-refractivity contribution is 5.78. The van der Waals surface area contributed by atoms with Gasteiger partial charge < -0.3 is 0 Å². The van der Waals surface area contributed by atoms with Crippen LogP contribution in [0.5, 0.6) is 0 Å². The first-order valence-electron chi connectivity index (χ1n) is 5.75. The van der Waals surface area contributed by atoms with Crippen LogP contribution in [0.1, 0.15) is 23.6 Å². The normalized spacial score (nSPS) is 10.6. The topological polar surface area (TPSA) is 0 Å². The summed E-state index contributed by atoms with van der Waals surface area (Å²) in [6, 6.07) is 18.6. The molecular weight excluding hydrogens is 204 g/mol. The number of hydrogen-bond acceptors (Lipinski definition) is 0. The van der Waals surface area contributed by atoms with Crippen molar-refractivity contribution in [3.63, 3.8) is 0 Å². The third-order valence-electron chi connectivity index (χ3n) is 2.68. The summed E-state index contributed by atoms with van der Waals surface area (Å²) >= 11 is 0. The summed E-state index contributed by atoms with van der Waals surface area (Å²) in [7, 11) is 0. The average molecular weight is 220 g/mol. The first kappa shape index (κ1) is 11.4. The molecule has 2 aromatic rings. The molecule has 2 rings (SSSR count). The van der Waals surface area contributed by atoms with Crippen molar-refractivity contribution in [3.8, 4) is 0 Å². The van der Waals surface area contributed by atoms with Crippen LogP contribution in [-0.2, 0) is 0 Å². The third kappa shape index (κ3) is 2.94. The molecule has 0 nitrogen and oxygen atoms in total. The van der Waals surface area contributed by atoms with Crippen LogP contribution < -0.4 is 0 Å². The van der Waals surface area contributed by atoms with E-state index in [4.69, 9.17) is 0 Å². The Morgan fingerprint density at radius 3 is 2.24 bits per heavy atom. The van der Waals surface area contributed by atoms with Gasteiger partial charge in [-0.05, 0) is 23.6 Å². The van der Waals surface area contributed by atoms with Crippen LogP contribution in [-0.4, -0.2) is 0 Å². The average Bonchev–Trinajstić information content (AvgIpc) is 2.38. The zero-order valence-corrected chi connectivity index (χ0v) is 10.1. The molecule has 0 heterocycles. The molecule has 0 amide bonds. The maximum atomic E-state index is 4.01. The molecule has 84 valence electrons. The van der Waals surface area contributed by atoms with E-state index in [1.165, 1.54) is 16.7 Å². The fourth-order valence-electron chi connectivity index (χ4n) is 1.78. The second kappa shape index (κ2) is 5.31. The molecule has 0 spiro atoms. The van der Waals surface area contributed by atoms with E-state index in [9.17, 15) is 0 Å². The number of benzene rings is 2. The molecule has 0 saturated heterocycles. The monoisotopic (exact) mass is 220 g/mol. The summed E-state index contributed by atoms with van der Waals surface area (Å²) in [5, 5.41) is 0. The molecule has 0 heteroatoms. The molecule has 0 aromatic heterocycles. The zero-order chi connectivity index (χ0) is 12.1. The van der Waals surface area contributed by atoms with E-state index in [1.54, 1.807) is 0 Å². The molecule has 0 radical (unpaired) electrons. The van der Waals surface area contributed by atoms with Gasteiger partial charge in [-0.1, -0.05) is 78.9 Å². The number of rotatable bonds is 3. The van der Waals surface area contributed by atoms with Gasteiger partial charge in [-0.2, -0.15) is 0 Å². The smallest absolute Gasteiger partial charge is 0.0161 e. The Morgan fingerprint density at radius 2 is 1.53 bits per heavy atom. The van der Waals surface area contributed by atoms with Gasteiger partial charge >= 0.3 is 0 Å². The van der Waals surface area contributed by atoms with E-state index in [0.717, 1.165) is 5.57 Å². The summed E-state index contributed by atoms with van der Waals surface area (Å²) in [4.78, 5) is 0. The van der Waals surface area contributed by atoms with Gasteiger partial charge in [0.25, 0.3) is 0 Å². The Balaban J connectivity index is 2.30. The minimum Gasteiger partial charge on any atom is -0.0955 e. The van der Waals surface area contributed by atoms with Crippen LogP contribution in [0.2, 0.25) is 0 Å². The van der Waals surface area contributed by atoms with Gasteiger partial charge in [0.05, 0.1) is 0 Å². The lowest BCUT2D eigenvalue weighted by Gasteiger charge is -2.04. The fourth-order valence-corrected chi connectivity index (χ4v) is 1.78. The van der Waals surface area contributed by atoms with Crippen LogP contribution in [0, 0.1) is 0 Å². The SMILES string of the molecule is C=C(C)c1ccccc1/C=C/c1ccccc1. The minimum atomic E-state index is 1.10. The fraction of sp³-hybridized carbons (Fsp3) is 0.0588. The summed E-state index contributed by atoms with van der Waals surface area (Å²) in [5.74, 6) is 0. The van der Waals surface area contributed by atoms with Gasteiger partial charge in [-0.25, -0.2) is 0 Å². The Bertz CT molecular complexity index is 533. The van der Waals surface area contributed by atoms with E-state index in [0.29, 0.717) is 0 Å². The van der Waals surface area contributed by atoms with Crippen molar-refractivity contribution in [2.75, 3.05) is 0 Å². The van der Waals surface area contributed by atoms with Crippen LogP contribution in [0.3, 0.4) is 0 Å². The molecule has 2 aromatic carbocycles. The van der Waals surface area contributed by atoms with Crippen molar-refractivity contribution in [1.82, 2.24) is 0 Å². The highest BCUT2D eigenvalue weighted by atomic mass is 14.0. The Kier molecular flexibility index (Phi) is 3.56. The maximum Gasteiger partial charge on any atom is -0.0161 e. The van der Waals surface area contributed by atoms with Gasteiger partial charge in [-0.3, -0.25) is 0 Å². The predicted molar refractivity (Wildman–Crippen MR) is 76.5 cm³/mol.